The molecule has 0 unspecified atom stereocenters. The van der Waals surface area contributed by atoms with Crippen molar-refractivity contribution in [2.45, 2.75) is 19.6 Å². The molecule has 7 nitrogen and oxygen atoms in total. The highest BCUT2D eigenvalue weighted by molar-refractivity contribution is 5.94. The summed E-state index contributed by atoms with van der Waals surface area (Å²) in [7, 11) is 0. The predicted octanol–water partition coefficient (Wildman–Crippen LogP) is 1.21. The Balaban J connectivity index is 2.20. The number of fused-ring (bicyclic) bond motifs is 1. The van der Waals surface area contributed by atoms with Crippen LogP contribution >= 0.6 is 0 Å². The zero-order valence-corrected chi connectivity index (χ0v) is 12.1. The number of carbonyl (C=O) groups excluding carboxylic acids is 1. The van der Waals surface area contributed by atoms with Gasteiger partial charge in [0.15, 0.2) is 6.10 Å². The van der Waals surface area contributed by atoms with Gasteiger partial charge in [-0.15, -0.1) is 0 Å². The monoisotopic (exact) mass is 315 g/mol. The molecule has 2 N–H and O–H groups in total. The fourth-order valence-electron chi connectivity index (χ4n) is 2.71. The van der Waals surface area contributed by atoms with Gasteiger partial charge in [0, 0.05) is 11.3 Å². The van der Waals surface area contributed by atoms with Crippen molar-refractivity contribution >= 4 is 11.9 Å². The van der Waals surface area contributed by atoms with E-state index in [4.69, 9.17) is 9.84 Å². The average molecular weight is 315 g/mol. The van der Waals surface area contributed by atoms with Crippen molar-refractivity contribution in [1.82, 2.24) is 4.57 Å². The van der Waals surface area contributed by atoms with Crippen molar-refractivity contribution in [2.75, 3.05) is 0 Å². The SMILES string of the molecule is Cc1cc(O)c([C@@H]2OC(=O)c3ccccc32)c(=O)n1CC(=O)O. The summed E-state index contributed by atoms with van der Waals surface area (Å²) in [6.07, 6.45) is -1.05. The van der Waals surface area contributed by atoms with E-state index in [1.54, 1.807) is 24.3 Å². The van der Waals surface area contributed by atoms with Gasteiger partial charge in [0.05, 0.1) is 5.56 Å². The largest absolute Gasteiger partial charge is 0.507 e. The summed E-state index contributed by atoms with van der Waals surface area (Å²) in [6, 6.07) is 7.84. The summed E-state index contributed by atoms with van der Waals surface area (Å²) in [5.74, 6) is -2.10. The molecule has 0 radical (unpaired) electrons. The van der Waals surface area contributed by atoms with Crippen molar-refractivity contribution in [3.05, 3.63) is 63.1 Å². The van der Waals surface area contributed by atoms with E-state index in [0.29, 0.717) is 16.8 Å². The topological polar surface area (TPSA) is 106 Å². The van der Waals surface area contributed by atoms with E-state index in [9.17, 15) is 19.5 Å². The zero-order valence-electron chi connectivity index (χ0n) is 12.1. The third kappa shape index (κ3) is 2.36. The van der Waals surface area contributed by atoms with E-state index in [1.165, 1.54) is 13.0 Å². The number of carbonyl (C=O) groups is 2. The first kappa shape index (κ1) is 14.8. The summed E-state index contributed by atoms with van der Waals surface area (Å²) >= 11 is 0. The number of hydrogen-bond acceptors (Lipinski definition) is 5. The maximum absolute atomic E-state index is 12.6. The number of carboxylic acids is 1. The lowest BCUT2D eigenvalue weighted by molar-refractivity contribution is -0.137. The molecule has 1 aliphatic heterocycles. The van der Waals surface area contributed by atoms with Crippen LogP contribution in [0.5, 0.6) is 5.75 Å². The number of pyridine rings is 1. The number of esters is 1. The number of benzene rings is 1. The molecule has 1 aliphatic rings. The summed E-state index contributed by atoms with van der Waals surface area (Å²) in [5, 5.41) is 19.1. The second kappa shape index (κ2) is 5.28. The highest BCUT2D eigenvalue weighted by Crippen LogP contribution is 2.37. The van der Waals surface area contributed by atoms with E-state index >= 15 is 0 Å². The van der Waals surface area contributed by atoms with E-state index in [2.05, 4.69) is 0 Å². The van der Waals surface area contributed by atoms with Gasteiger partial charge in [-0.1, -0.05) is 18.2 Å². The number of cyclic esters (lactones) is 1. The number of aromatic hydroxyl groups is 1. The van der Waals surface area contributed by atoms with Crippen LogP contribution in [0, 0.1) is 6.92 Å². The first-order valence-electron chi connectivity index (χ1n) is 6.85. The molecule has 1 aromatic carbocycles. The van der Waals surface area contributed by atoms with Crippen LogP contribution in [0.15, 0.2) is 35.1 Å². The number of aromatic nitrogens is 1. The van der Waals surface area contributed by atoms with Crippen LogP contribution in [0.4, 0.5) is 0 Å². The van der Waals surface area contributed by atoms with Crippen molar-refractivity contribution in [2.24, 2.45) is 0 Å². The Morgan fingerprint density at radius 3 is 2.70 bits per heavy atom. The van der Waals surface area contributed by atoms with E-state index < -0.39 is 30.1 Å². The number of carboxylic acid groups (broad SMARTS) is 1. The normalized spacial score (nSPS) is 16.0. The van der Waals surface area contributed by atoms with E-state index in [0.717, 1.165) is 4.57 Å². The van der Waals surface area contributed by atoms with Crippen LogP contribution in [-0.2, 0) is 16.1 Å². The summed E-state index contributed by atoms with van der Waals surface area (Å²) < 4.78 is 6.24. The lowest BCUT2D eigenvalue weighted by atomic mass is 9.99. The number of aryl methyl sites for hydroxylation is 1. The van der Waals surface area contributed by atoms with Gasteiger partial charge < -0.3 is 19.5 Å². The molecule has 1 atom stereocenters. The summed E-state index contributed by atoms with van der Waals surface area (Å²) in [6.45, 7) is 0.975. The van der Waals surface area contributed by atoms with Gasteiger partial charge in [0.2, 0.25) is 0 Å². The minimum atomic E-state index is -1.18. The van der Waals surface area contributed by atoms with Gasteiger partial charge in [-0.05, 0) is 19.1 Å². The molecule has 0 spiro atoms. The third-order valence-electron chi connectivity index (χ3n) is 3.77. The molecule has 0 aliphatic carbocycles. The Hall–Kier alpha value is -3.09. The van der Waals surface area contributed by atoms with Gasteiger partial charge in [0.25, 0.3) is 5.56 Å². The molecule has 118 valence electrons. The number of ether oxygens (including phenoxy) is 1. The van der Waals surface area contributed by atoms with Gasteiger partial charge in [-0.2, -0.15) is 0 Å². The minimum absolute atomic E-state index is 0.143. The fraction of sp³-hybridized carbons (Fsp3) is 0.188. The van der Waals surface area contributed by atoms with Crippen molar-refractivity contribution in [3.8, 4) is 5.75 Å². The van der Waals surface area contributed by atoms with Crippen LogP contribution < -0.4 is 5.56 Å². The summed E-state index contributed by atoms with van der Waals surface area (Å²) in [5.41, 5.74) is 0.253. The molecule has 1 aromatic heterocycles. The van der Waals surface area contributed by atoms with Gasteiger partial charge >= 0.3 is 11.9 Å². The predicted molar refractivity (Wildman–Crippen MR) is 78.4 cm³/mol. The van der Waals surface area contributed by atoms with Crippen LogP contribution in [0.1, 0.15) is 33.3 Å². The Labute approximate surface area is 130 Å². The summed E-state index contributed by atoms with van der Waals surface area (Å²) in [4.78, 5) is 35.4. The molecule has 3 rings (SSSR count). The quantitative estimate of drug-likeness (QED) is 0.825. The van der Waals surface area contributed by atoms with Gasteiger partial charge in [-0.25, -0.2) is 4.79 Å². The third-order valence-corrected chi connectivity index (χ3v) is 3.77. The maximum Gasteiger partial charge on any atom is 0.339 e. The van der Waals surface area contributed by atoms with E-state index in [1.807, 2.05) is 0 Å². The lowest BCUT2D eigenvalue weighted by Crippen LogP contribution is -2.30. The molecule has 23 heavy (non-hydrogen) atoms. The molecular formula is C16H13NO6. The van der Waals surface area contributed by atoms with Crippen LogP contribution in [0.2, 0.25) is 0 Å². The van der Waals surface area contributed by atoms with Crippen LogP contribution in [-0.4, -0.2) is 26.7 Å². The van der Waals surface area contributed by atoms with Gasteiger partial charge in [0.1, 0.15) is 17.9 Å². The number of nitrogens with zero attached hydrogens (tertiary/aromatic N) is 1. The van der Waals surface area contributed by atoms with Crippen molar-refractivity contribution < 1.29 is 24.5 Å². The Morgan fingerprint density at radius 2 is 2.00 bits per heavy atom. The standard InChI is InChI=1S/C16H13NO6/c1-8-6-11(18)13(15(21)17(8)7-12(19)20)14-9-4-2-3-5-10(9)16(22)23-14/h2-6,14,18H,7H2,1H3,(H,19,20)/t14-/m1/s1. The van der Waals surface area contributed by atoms with Crippen molar-refractivity contribution in [1.29, 1.82) is 0 Å². The molecule has 2 aromatic rings. The van der Waals surface area contributed by atoms with Crippen molar-refractivity contribution in [3.63, 3.8) is 0 Å². The highest BCUT2D eigenvalue weighted by atomic mass is 16.5. The second-order valence-electron chi connectivity index (χ2n) is 5.24. The first-order chi connectivity index (χ1) is 10.9. The molecule has 0 saturated carbocycles. The smallest absolute Gasteiger partial charge is 0.339 e. The molecule has 0 fully saturated rings. The number of aliphatic carboxylic acids is 1. The number of hydrogen-bond donors (Lipinski definition) is 2. The Kier molecular flexibility index (Phi) is 3.40. The average Bonchev–Trinajstić information content (AvgIpc) is 2.81. The molecule has 2 heterocycles. The molecule has 7 heteroatoms. The minimum Gasteiger partial charge on any atom is -0.507 e. The van der Waals surface area contributed by atoms with Crippen LogP contribution in [0.3, 0.4) is 0 Å². The Bertz CT molecular complexity index is 883. The molecule has 0 bridgehead atoms. The lowest BCUT2D eigenvalue weighted by Gasteiger charge is -2.16. The molecule has 0 amide bonds. The molecular weight excluding hydrogens is 302 g/mol. The van der Waals surface area contributed by atoms with Gasteiger partial charge in [-0.3, -0.25) is 9.59 Å². The van der Waals surface area contributed by atoms with E-state index in [-0.39, 0.29) is 11.3 Å². The number of rotatable bonds is 3. The zero-order chi connectivity index (χ0) is 16.7. The molecule has 0 saturated heterocycles. The Morgan fingerprint density at radius 1 is 1.30 bits per heavy atom. The highest BCUT2D eigenvalue weighted by Gasteiger charge is 2.36. The second-order valence-corrected chi connectivity index (χ2v) is 5.24. The van der Waals surface area contributed by atoms with Crippen LogP contribution in [0.25, 0.3) is 0 Å². The first-order valence-corrected chi connectivity index (χ1v) is 6.85. The maximum atomic E-state index is 12.6. The fourth-order valence-corrected chi connectivity index (χ4v) is 2.71.